The normalized spacial score (nSPS) is 11.2. The molecule has 5 heteroatoms. The molecule has 0 atom stereocenters. The summed E-state index contributed by atoms with van der Waals surface area (Å²) in [6, 6.07) is 7.82. The summed E-state index contributed by atoms with van der Waals surface area (Å²) in [6.07, 6.45) is 0. The van der Waals surface area contributed by atoms with E-state index in [-0.39, 0.29) is 5.69 Å². The molecule has 0 fully saturated rings. The maximum Gasteiger partial charge on any atom is 0.356 e. The van der Waals surface area contributed by atoms with E-state index in [1.807, 2.05) is 6.07 Å². The van der Waals surface area contributed by atoms with E-state index in [1.165, 1.54) is 20.5 Å². The molecular weight excluding hydrogens is 272 g/mol. The van der Waals surface area contributed by atoms with Gasteiger partial charge in [0.05, 0.1) is 5.69 Å². The first-order valence-electron chi connectivity index (χ1n) is 6.25. The summed E-state index contributed by atoms with van der Waals surface area (Å²) in [5.74, 6) is -1.00. The van der Waals surface area contributed by atoms with Gasteiger partial charge in [0, 0.05) is 22.2 Å². The number of carboxylic acid groups (broad SMARTS) is 1. The van der Waals surface area contributed by atoms with Gasteiger partial charge in [0.1, 0.15) is 0 Å². The Labute approximate surface area is 120 Å². The predicted octanol–water partition coefficient (Wildman–Crippen LogP) is 3.62. The zero-order valence-corrected chi connectivity index (χ0v) is 12.3. The molecule has 4 nitrogen and oxygen atoms in total. The van der Waals surface area contributed by atoms with E-state index < -0.39 is 5.97 Å². The van der Waals surface area contributed by atoms with Crippen molar-refractivity contribution < 1.29 is 9.90 Å². The number of aromatic nitrogens is 2. The minimum atomic E-state index is -1.00. The van der Waals surface area contributed by atoms with Crippen molar-refractivity contribution in [3.05, 3.63) is 40.4 Å². The van der Waals surface area contributed by atoms with Gasteiger partial charge in [-0.2, -0.15) is 5.10 Å². The van der Waals surface area contributed by atoms with E-state index in [4.69, 9.17) is 5.11 Å². The molecule has 20 heavy (non-hydrogen) atoms. The monoisotopic (exact) mass is 286 g/mol. The number of carbonyl (C=O) groups is 1. The average molecular weight is 286 g/mol. The number of nitrogens with zero attached hydrogens (tertiary/aromatic N) is 2. The van der Waals surface area contributed by atoms with Crippen LogP contribution in [0.15, 0.2) is 24.3 Å². The van der Waals surface area contributed by atoms with Gasteiger partial charge in [-0.3, -0.25) is 4.68 Å². The molecule has 3 aromatic rings. The molecule has 0 aliphatic carbocycles. The summed E-state index contributed by atoms with van der Waals surface area (Å²) >= 11 is 1.76. The van der Waals surface area contributed by atoms with Crippen molar-refractivity contribution in [3.63, 3.8) is 0 Å². The number of aromatic carboxylic acids is 1. The molecule has 0 bridgehead atoms. The number of benzene rings is 1. The number of carboxylic acids is 1. The van der Waals surface area contributed by atoms with Crippen LogP contribution in [0.5, 0.6) is 0 Å². The Kier molecular flexibility index (Phi) is 2.87. The maximum absolute atomic E-state index is 11.0. The van der Waals surface area contributed by atoms with Crippen LogP contribution < -0.4 is 0 Å². The summed E-state index contributed by atoms with van der Waals surface area (Å²) < 4.78 is 2.83. The predicted molar refractivity (Wildman–Crippen MR) is 80.5 cm³/mol. The van der Waals surface area contributed by atoms with Crippen LogP contribution in [0, 0.1) is 13.8 Å². The topological polar surface area (TPSA) is 55.1 Å². The molecule has 0 unspecified atom stereocenters. The Morgan fingerprint density at radius 1 is 1.30 bits per heavy atom. The largest absolute Gasteiger partial charge is 0.476 e. The third kappa shape index (κ3) is 1.91. The first kappa shape index (κ1) is 12.9. The summed E-state index contributed by atoms with van der Waals surface area (Å²) in [4.78, 5) is 12.3. The van der Waals surface area contributed by atoms with Gasteiger partial charge in [-0.1, -0.05) is 12.1 Å². The maximum atomic E-state index is 11.0. The Bertz CT molecular complexity index is 830. The van der Waals surface area contributed by atoms with Crippen LogP contribution in [-0.2, 0) is 7.05 Å². The van der Waals surface area contributed by atoms with Crippen molar-refractivity contribution in [1.29, 1.82) is 0 Å². The number of rotatable bonds is 2. The molecule has 2 aromatic heterocycles. The lowest BCUT2D eigenvalue weighted by Gasteiger charge is -2.02. The quantitative estimate of drug-likeness (QED) is 0.783. The molecule has 2 heterocycles. The van der Waals surface area contributed by atoms with E-state index in [1.54, 1.807) is 29.1 Å². The SMILES string of the molecule is Cc1sc2cc(-c3cc(C(=O)O)nn3C)ccc2c1C. The zero-order chi connectivity index (χ0) is 14.4. The molecule has 1 N–H and O–H groups in total. The van der Waals surface area contributed by atoms with Crippen molar-refractivity contribution >= 4 is 27.4 Å². The van der Waals surface area contributed by atoms with Gasteiger partial charge in [-0.05, 0) is 36.9 Å². The Morgan fingerprint density at radius 2 is 2.05 bits per heavy atom. The van der Waals surface area contributed by atoms with Crippen molar-refractivity contribution in [3.8, 4) is 11.3 Å². The van der Waals surface area contributed by atoms with Crippen LogP contribution in [0.4, 0.5) is 0 Å². The summed E-state index contributed by atoms with van der Waals surface area (Å²) in [5, 5.41) is 14.3. The van der Waals surface area contributed by atoms with Crippen LogP contribution in [0.2, 0.25) is 0 Å². The standard InChI is InChI=1S/C15H14N2O2S/c1-8-9(2)20-14-6-10(4-5-11(8)14)13-7-12(15(18)19)16-17(13)3/h4-7H,1-3H3,(H,18,19). The van der Waals surface area contributed by atoms with Gasteiger partial charge < -0.3 is 5.11 Å². The fourth-order valence-corrected chi connectivity index (χ4v) is 3.46. The van der Waals surface area contributed by atoms with E-state index in [0.29, 0.717) is 0 Å². The van der Waals surface area contributed by atoms with E-state index in [9.17, 15) is 4.79 Å². The highest BCUT2D eigenvalue weighted by atomic mass is 32.1. The summed E-state index contributed by atoms with van der Waals surface area (Å²) in [7, 11) is 1.76. The first-order chi connectivity index (χ1) is 9.47. The molecular formula is C15H14N2O2S. The molecule has 0 aliphatic rings. The van der Waals surface area contributed by atoms with E-state index in [2.05, 4.69) is 31.1 Å². The van der Waals surface area contributed by atoms with Crippen LogP contribution in [0.1, 0.15) is 20.9 Å². The minimum absolute atomic E-state index is 0.0705. The number of hydrogen-bond acceptors (Lipinski definition) is 3. The van der Waals surface area contributed by atoms with Gasteiger partial charge in [-0.25, -0.2) is 4.79 Å². The Morgan fingerprint density at radius 3 is 2.70 bits per heavy atom. The van der Waals surface area contributed by atoms with Crippen molar-refractivity contribution in [1.82, 2.24) is 9.78 Å². The second-order valence-electron chi connectivity index (χ2n) is 4.84. The third-order valence-corrected chi connectivity index (χ3v) is 4.74. The van der Waals surface area contributed by atoms with Crippen LogP contribution in [0.25, 0.3) is 21.3 Å². The molecule has 0 spiro atoms. The highest BCUT2D eigenvalue weighted by Crippen LogP contribution is 2.33. The molecule has 3 rings (SSSR count). The average Bonchev–Trinajstić information content (AvgIpc) is 2.91. The molecule has 0 saturated heterocycles. The zero-order valence-electron chi connectivity index (χ0n) is 11.5. The van der Waals surface area contributed by atoms with Gasteiger partial charge in [-0.15, -0.1) is 11.3 Å². The van der Waals surface area contributed by atoms with Gasteiger partial charge in [0.25, 0.3) is 0 Å². The molecule has 0 saturated carbocycles. The number of hydrogen-bond donors (Lipinski definition) is 1. The van der Waals surface area contributed by atoms with Crippen molar-refractivity contribution in [2.75, 3.05) is 0 Å². The lowest BCUT2D eigenvalue weighted by atomic mass is 10.1. The fraction of sp³-hybridized carbons (Fsp3) is 0.200. The number of fused-ring (bicyclic) bond motifs is 1. The Hall–Kier alpha value is -2.14. The van der Waals surface area contributed by atoms with Gasteiger partial charge in [0.2, 0.25) is 0 Å². The van der Waals surface area contributed by atoms with Crippen molar-refractivity contribution in [2.45, 2.75) is 13.8 Å². The highest BCUT2D eigenvalue weighted by molar-refractivity contribution is 7.19. The second kappa shape index (κ2) is 4.45. The molecule has 102 valence electrons. The van der Waals surface area contributed by atoms with Crippen LogP contribution >= 0.6 is 11.3 Å². The molecule has 0 amide bonds. The van der Waals surface area contributed by atoms with Crippen LogP contribution in [0.3, 0.4) is 0 Å². The summed E-state index contributed by atoms with van der Waals surface area (Å²) in [6.45, 7) is 4.24. The molecule has 0 aliphatic heterocycles. The first-order valence-corrected chi connectivity index (χ1v) is 7.06. The van der Waals surface area contributed by atoms with Gasteiger partial charge in [0.15, 0.2) is 5.69 Å². The number of aryl methyl sites for hydroxylation is 3. The molecule has 1 aromatic carbocycles. The smallest absolute Gasteiger partial charge is 0.356 e. The van der Waals surface area contributed by atoms with E-state index >= 15 is 0 Å². The van der Waals surface area contributed by atoms with E-state index in [0.717, 1.165) is 11.3 Å². The van der Waals surface area contributed by atoms with Gasteiger partial charge >= 0.3 is 5.97 Å². The summed E-state index contributed by atoms with van der Waals surface area (Å²) in [5.41, 5.74) is 3.18. The second-order valence-corrected chi connectivity index (χ2v) is 6.09. The third-order valence-electron chi connectivity index (χ3n) is 3.57. The Balaban J connectivity index is 2.17. The lowest BCUT2D eigenvalue weighted by molar-refractivity contribution is 0.0689. The minimum Gasteiger partial charge on any atom is -0.476 e. The molecule has 0 radical (unpaired) electrons. The highest BCUT2D eigenvalue weighted by Gasteiger charge is 2.14. The fourth-order valence-electron chi connectivity index (χ4n) is 2.35. The van der Waals surface area contributed by atoms with Crippen LogP contribution in [-0.4, -0.2) is 20.9 Å². The van der Waals surface area contributed by atoms with Crippen molar-refractivity contribution in [2.24, 2.45) is 7.05 Å². The lowest BCUT2D eigenvalue weighted by Crippen LogP contribution is -1.99. The number of thiophene rings is 1.